The molecular formula is C22H22O5. The highest BCUT2D eigenvalue weighted by molar-refractivity contribution is 6.06. The van der Waals surface area contributed by atoms with E-state index in [0.29, 0.717) is 11.3 Å². The van der Waals surface area contributed by atoms with E-state index in [1.54, 1.807) is 30.3 Å². The molecule has 0 aliphatic carbocycles. The molecule has 0 aliphatic heterocycles. The molecule has 2 aromatic carbocycles. The minimum Gasteiger partial charge on any atom is -0.491 e. The van der Waals surface area contributed by atoms with Crippen molar-refractivity contribution >= 4 is 17.8 Å². The zero-order valence-electron chi connectivity index (χ0n) is 15.1. The summed E-state index contributed by atoms with van der Waals surface area (Å²) in [4.78, 5) is 23.4. The van der Waals surface area contributed by atoms with Crippen LogP contribution in [0, 0.1) is 0 Å². The fourth-order valence-corrected chi connectivity index (χ4v) is 2.08. The Morgan fingerprint density at radius 1 is 1.07 bits per heavy atom. The van der Waals surface area contributed by atoms with Crippen molar-refractivity contribution in [2.75, 3.05) is 13.2 Å². The summed E-state index contributed by atoms with van der Waals surface area (Å²) in [6.45, 7) is 4.78. The second kappa shape index (κ2) is 10.1. The summed E-state index contributed by atoms with van der Waals surface area (Å²) in [6.07, 6.45) is 2.32. The van der Waals surface area contributed by atoms with Crippen molar-refractivity contribution in [3.05, 3.63) is 84.0 Å². The van der Waals surface area contributed by atoms with Gasteiger partial charge in [0, 0.05) is 11.1 Å². The molecule has 5 heteroatoms. The fraction of sp³-hybridized carbons (Fsp3) is 0.182. The number of rotatable bonds is 9. The number of ether oxygens (including phenoxy) is 2. The molecule has 0 amide bonds. The first-order chi connectivity index (χ1) is 13.0. The number of hydrogen-bond acceptors (Lipinski definition) is 5. The summed E-state index contributed by atoms with van der Waals surface area (Å²) in [7, 11) is 0. The van der Waals surface area contributed by atoms with E-state index in [1.165, 1.54) is 13.0 Å². The molecule has 0 saturated carbocycles. The van der Waals surface area contributed by atoms with Gasteiger partial charge in [0.25, 0.3) is 0 Å². The van der Waals surface area contributed by atoms with Gasteiger partial charge >= 0.3 is 5.97 Å². The van der Waals surface area contributed by atoms with Crippen LogP contribution in [0.4, 0.5) is 0 Å². The van der Waals surface area contributed by atoms with Gasteiger partial charge in [0.1, 0.15) is 25.1 Å². The highest BCUT2D eigenvalue weighted by Gasteiger charge is 2.10. The lowest BCUT2D eigenvalue weighted by Crippen LogP contribution is -2.25. The van der Waals surface area contributed by atoms with Gasteiger partial charge < -0.3 is 14.6 Å². The minimum absolute atomic E-state index is 0.0370. The van der Waals surface area contributed by atoms with Crippen molar-refractivity contribution in [3.63, 3.8) is 0 Å². The maximum absolute atomic E-state index is 12.2. The fourth-order valence-electron chi connectivity index (χ4n) is 2.08. The molecule has 0 spiro atoms. The first-order valence-electron chi connectivity index (χ1n) is 8.46. The van der Waals surface area contributed by atoms with Gasteiger partial charge in [-0.1, -0.05) is 43.0 Å². The predicted octanol–water partition coefficient (Wildman–Crippen LogP) is 3.44. The highest BCUT2D eigenvalue weighted by atomic mass is 16.5. The molecule has 2 rings (SSSR count). The van der Waals surface area contributed by atoms with Crippen LogP contribution in [0.25, 0.3) is 6.08 Å². The van der Waals surface area contributed by atoms with Crippen LogP contribution < -0.4 is 4.74 Å². The van der Waals surface area contributed by atoms with E-state index < -0.39 is 12.1 Å². The van der Waals surface area contributed by atoms with Crippen molar-refractivity contribution in [2.24, 2.45) is 0 Å². The molecule has 2 aromatic rings. The minimum atomic E-state index is -0.955. The summed E-state index contributed by atoms with van der Waals surface area (Å²) in [5.41, 5.74) is 1.75. The molecule has 1 atom stereocenters. The number of carbonyl (C=O) groups is 2. The van der Waals surface area contributed by atoms with Gasteiger partial charge in [-0.2, -0.15) is 0 Å². The van der Waals surface area contributed by atoms with E-state index in [2.05, 4.69) is 6.58 Å². The number of benzene rings is 2. The van der Waals surface area contributed by atoms with Gasteiger partial charge in [0.2, 0.25) is 0 Å². The molecule has 1 N–H and O–H groups in total. The average Bonchev–Trinajstić information content (AvgIpc) is 2.69. The Morgan fingerprint density at radius 2 is 1.74 bits per heavy atom. The Labute approximate surface area is 158 Å². The zero-order valence-corrected chi connectivity index (χ0v) is 15.1. The SMILES string of the molecule is C=C(C)C(=O)OCC(O)COc1ccc(C(=O)C=Cc2ccccc2)cc1. The lowest BCUT2D eigenvalue weighted by molar-refractivity contribution is -0.142. The van der Waals surface area contributed by atoms with E-state index in [0.717, 1.165) is 5.56 Å². The number of aliphatic hydroxyl groups is 1. The van der Waals surface area contributed by atoms with E-state index in [1.807, 2.05) is 30.3 Å². The normalized spacial score (nSPS) is 11.8. The summed E-state index contributed by atoms with van der Waals surface area (Å²) >= 11 is 0. The van der Waals surface area contributed by atoms with Gasteiger partial charge in [-0.3, -0.25) is 4.79 Å². The smallest absolute Gasteiger partial charge is 0.333 e. The first-order valence-corrected chi connectivity index (χ1v) is 8.46. The number of carbonyl (C=O) groups excluding carboxylic acids is 2. The van der Waals surface area contributed by atoms with Crippen LogP contribution in [0.5, 0.6) is 5.75 Å². The van der Waals surface area contributed by atoms with E-state index in [-0.39, 0.29) is 24.6 Å². The molecule has 27 heavy (non-hydrogen) atoms. The topological polar surface area (TPSA) is 72.8 Å². The maximum Gasteiger partial charge on any atom is 0.333 e. The molecule has 0 fully saturated rings. The van der Waals surface area contributed by atoms with E-state index in [9.17, 15) is 14.7 Å². The van der Waals surface area contributed by atoms with Crippen LogP contribution in [0.15, 0.2) is 72.8 Å². The molecular weight excluding hydrogens is 344 g/mol. The third-order valence-electron chi connectivity index (χ3n) is 3.56. The molecule has 0 heterocycles. The molecule has 0 bridgehead atoms. The molecule has 0 aromatic heterocycles. The predicted molar refractivity (Wildman–Crippen MR) is 104 cm³/mol. The molecule has 140 valence electrons. The Morgan fingerprint density at radius 3 is 2.37 bits per heavy atom. The number of aliphatic hydroxyl groups excluding tert-OH is 1. The molecule has 5 nitrogen and oxygen atoms in total. The zero-order chi connectivity index (χ0) is 19.6. The van der Waals surface area contributed by atoms with Crippen molar-refractivity contribution in [1.82, 2.24) is 0 Å². The van der Waals surface area contributed by atoms with Crippen LogP contribution in [0.2, 0.25) is 0 Å². The monoisotopic (exact) mass is 366 g/mol. The van der Waals surface area contributed by atoms with Crippen molar-refractivity contribution < 1.29 is 24.2 Å². The Hall–Kier alpha value is -3.18. The number of esters is 1. The van der Waals surface area contributed by atoms with Gasteiger partial charge in [0.05, 0.1) is 0 Å². The Bertz CT molecular complexity index is 806. The van der Waals surface area contributed by atoms with Crippen LogP contribution in [0.3, 0.4) is 0 Å². The van der Waals surface area contributed by atoms with Gasteiger partial charge in [-0.25, -0.2) is 4.79 Å². The lowest BCUT2D eigenvalue weighted by atomic mass is 10.1. The summed E-state index contributed by atoms with van der Waals surface area (Å²) < 4.78 is 10.3. The standard InChI is InChI=1S/C22H22O5/c1-16(2)22(25)27-15-19(23)14-26-20-11-9-18(10-12-20)21(24)13-8-17-6-4-3-5-7-17/h3-13,19,23H,1,14-15H2,2H3. The molecule has 0 radical (unpaired) electrons. The second-order valence-corrected chi connectivity index (χ2v) is 5.98. The average molecular weight is 366 g/mol. The Kier molecular flexibility index (Phi) is 7.52. The van der Waals surface area contributed by atoms with Crippen LogP contribution in [-0.2, 0) is 9.53 Å². The van der Waals surface area contributed by atoms with E-state index >= 15 is 0 Å². The molecule has 1 unspecified atom stereocenters. The maximum atomic E-state index is 12.2. The van der Waals surface area contributed by atoms with E-state index in [4.69, 9.17) is 9.47 Å². The molecule has 0 aliphatic rings. The summed E-state index contributed by atoms with van der Waals surface area (Å²) in [5.74, 6) is -0.165. The third kappa shape index (κ3) is 6.92. The summed E-state index contributed by atoms with van der Waals surface area (Å²) in [5, 5.41) is 9.77. The third-order valence-corrected chi connectivity index (χ3v) is 3.56. The summed E-state index contributed by atoms with van der Waals surface area (Å²) in [6, 6.07) is 16.2. The number of ketones is 1. The van der Waals surface area contributed by atoms with Gasteiger partial charge in [-0.05, 0) is 42.8 Å². The van der Waals surface area contributed by atoms with Crippen molar-refractivity contribution in [3.8, 4) is 5.75 Å². The number of allylic oxidation sites excluding steroid dienone is 1. The van der Waals surface area contributed by atoms with Crippen LogP contribution in [-0.4, -0.2) is 36.2 Å². The molecule has 0 saturated heterocycles. The highest BCUT2D eigenvalue weighted by Crippen LogP contribution is 2.14. The Balaban J connectivity index is 1.82. The second-order valence-electron chi connectivity index (χ2n) is 5.98. The van der Waals surface area contributed by atoms with Gasteiger partial charge in [-0.15, -0.1) is 0 Å². The lowest BCUT2D eigenvalue weighted by Gasteiger charge is -2.13. The van der Waals surface area contributed by atoms with Crippen LogP contribution >= 0.6 is 0 Å². The quantitative estimate of drug-likeness (QED) is 0.418. The van der Waals surface area contributed by atoms with Gasteiger partial charge in [0.15, 0.2) is 5.78 Å². The van der Waals surface area contributed by atoms with Crippen molar-refractivity contribution in [2.45, 2.75) is 13.0 Å². The van der Waals surface area contributed by atoms with Crippen LogP contribution in [0.1, 0.15) is 22.8 Å². The van der Waals surface area contributed by atoms with Crippen molar-refractivity contribution in [1.29, 1.82) is 0 Å². The number of hydrogen-bond donors (Lipinski definition) is 1. The first kappa shape index (κ1) is 20.1. The largest absolute Gasteiger partial charge is 0.491 e.